The lowest BCUT2D eigenvalue weighted by atomic mass is 10.1. The summed E-state index contributed by atoms with van der Waals surface area (Å²) in [5.41, 5.74) is 0.963. The molecule has 0 saturated carbocycles. The van der Waals surface area contributed by atoms with Crippen LogP contribution in [-0.2, 0) is 0 Å². The Hall–Kier alpha value is -1.45. The van der Waals surface area contributed by atoms with Crippen LogP contribution in [0.3, 0.4) is 0 Å². The Morgan fingerprint density at radius 3 is 2.39 bits per heavy atom. The largest absolute Gasteiger partial charge is 0.440 e. The van der Waals surface area contributed by atoms with Gasteiger partial charge in [0.25, 0.3) is 5.91 Å². The number of halogens is 2. The second-order valence-corrected chi connectivity index (χ2v) is 4.66. The number of carbonyl (C=O) groups excluding carboxylic acids is 1. The van der Waals surface area contributed by atoms with Crippen LogP contribution in [0.2, 0.25) is 10.2 Å². The first-order valence-electron chi connectivity index (χ1n) is 5.38. The normalized spacial score (nSPS) is 12.2. The average molecular weight is 284 g/mol. The highest BCUT2D eigenvalue weighted by Crippen LogP contribution is 2.18. The number of hydrogen-bond acceptors (Lipinski definition) is 2. The van der Waals surface area contributed by atoms with Crippen molar-refractivity contribution in [3.05, 3.63) is 58.0 Å². The molecular formula is C13H11Cl2NO2. The Kier molecular flexibility index (Phi) is 3.94. The van der Waals surface area contributed by atoms with E-state index < -0.39 is 0 Å². The molecule has 0 aliphatic carbocycles. The second kappa shape index (κ2) is 5.46. The standard InChI is InChI=1S/C13H11Cl2NO2/c1-8(9-2-4-10(14)5-3-9)16-13(17)11-6-7-12(15)18-11/h2-8H,1H3,(H,16,17). The molecule has 0 radical (unpaired) electrons. The van der Waals surface area contributed by atoms with Crippen LogP contribution in [0, 0.1) is 0 Å². The van der Waals surface area contributed by atoms with Gasteiger partial charge in [0, 0.05) is 5.02 Å². The fraction of sp³-hybridized carbons (Fsp3) is 0.154. The van der Waals surface area contributed by atoms with Gasteiger partial charge in [-0.3, -0.25) is 4.79 Å². The number of furan rings is 1. The maximum Gasteiger partial charge on any atom is 0.287 e. The quantitative estimate of drug-likeness (QED) is 0.922. The molecule has 0 bridgehead atoms. The van der Waals surface area contributed by atoms with Gasteiger partial charge in [-0.1, -0.05) is 23.7 Å². The minimum Gasteiger partial charge on any atom is -0.440 e. The second-order valence-electron chi connectivity index (χ2n) is 3.85. The van der Waals surface area contributed by atoms with Crippen molar-refractivity contribution in [3.63, 3.8) is 0 Å². The van der Waals surface area contributed by atoms with Gasteiger partial charge < -0.3 is 9.73 Å². The first kappa shape index (κ1) is 13.0. The molecule has 18 heavy (non-hydrogen) atoms. The average Bonchev–Trinajstić information content (AvgIpc) is 2.76. The van der Waals surface area contributed by atoms with E-state index in [0.717, 1.165) is 5.56 Å². The molecule has 5 heteroatoms. The molecule has 3 nitrogen and oxygen atoms in total. The summed E-state index contributed by atoms with van der Waals surface area (Å²) in [4.78, 5) is 11.8. The van der Waals surface area contributed by atoms with Crippen LogP contribution in [0.25, 0.3) is 0 Å². The predicted octanol–water partition coefficient (Wildman–Crippen LogP) is 4.08. The zero-order valence-corrected chi connectivity index (χ0v) is 11.1. The van der Waals surface area contributed by atoms with Crippen molar-refractivity contribution in [2.24, 2.45) is 0 Å². The molecular weight excluding hydrogens is 273 g/mol. The molecule has 1 aromatic carbocycles. The molecule has 94 valence electrons. The van der Waals surface area contributed by atoms with Crippen molar-refractivity contribution in [1.82, 2.24) is 5.32 Å². The summed E-state index contributed by atoms with van der Waals surface area (Å²) in [7, 11) is 0. The SMILES string of the molecule is CC(NC(=O)c1ccc(Cl)o1)c1ccc(Cl)cc1. The van der Waals surface area contributed by atoms with Crippen LogP contribution in [-0.4, -0.2) is 5.91 Å². The summed E-state index contributed by atoms with van der Waals surface area (Å²) in [6.45, 7) is 1.88. The fourth-order valence-corrected chi connectivity index (χ4v) is 1.81. The van der Waals surface area contributed by atoms with E-state index in [2.05, 4.69) is 5.32 Å². The minimum absolute atomic E-state index is 0.140. The Morgan fingerprint density at radius 1 is 1.17 bits per heavy atom. The molecule has 2 rings (SSSR count). The van der Waals surface area contributed by atoms with Crippen LogP contribution >= 0.6 is 23.2 Å². The summed E-state index contributed by atoms with van der Waals surface area (Å²) in [5, 5.41) is 3.67. The highest BCUT2D eigenvalue weighted by molar-refractivity contribution is 6.30. The fourth-order valence-electron chi connectivity index (χ4n) is 1.54. The Bertz CT molecular complexity index is 548. The first-order chi connectivity index (χ1) is 8.56. The summed E-state index contributed by atoms with van der Waals surface area (Å²) in [6, 6.07) is 10.2. The Labute approximate surface area is 115 Å². The van der Waals surface area contributed by atoms with Gasteiger partial charge in [0.2, 0.25) is 0 Å². The topological polar surface area (TPSA) is 42.2 Å². The number of carbonyl (C=O) groups is 1. The summed E-state index contributed by atoms with van der Waals surface area (Å²) in [5.74, 6) is -0.106. The van der Waals surface area contributed by atoms with Crippen LogP contribution in [0.5, 0.6) is 0 Å². The van der Waals surface area contributed by atoms with Crippen molar-refractivity contribution in [1.29, 1.82) is 0 Å². The number of hydrogen-bond donors (Lipinski definition) is 1. The van der Waals surface area contributed by atoms with Crippen molar-refractivity contribution in [2.45, 2.75) is 13.0 Å². The van der Waals surface area contributed by atoms with Gasteiger partial charge >= 0.3 is 0 Å². The molecule has 1 aromatic heterocycles. The van der Waals surface area contributed by atoms with Gasteiger partial charge in [-0.05, 0) is 48.4 Å². The van der Waals surface area contributed by atoms with Crippen molar-refractivity contribution < 1.29 is 9.21 Å². The Morgan fingerprint density at radius 2 is 1.83 bits per heavy atom. The number of benzene rings is 1. The predicted molar refractivity (Wildman–Crippen MR) is 71.1 cm³/mol. The maximum absolute atomic E-state index is 11.8. The molecule has 0 spiro atoms. The van der Waals surface area contributed by atoms with E-state index >= 15 is 0 Å². The van der Waals surface area contributed by atoms with E-state index in [0.29, 0.717) is 5.02 Å². The third kappa shape index (κ3) is 3.06. The summed E-state index contributed by atoms with van der Waals surface area (Å²) < 4.78 is 5.03. The van der Waals surface area contributed by atoms with Crippen molar-refractivity contribution in [2.75, 3.05) is 0 Å². The maximum atomic E-state index is 11.8. The lowest BCUT2D eigenvalue weighted by Gasteiger charge is -2.13. The van der Waals surface area contributed by atoms with Crippen LogP contribution in [0.15, 0.2) is 40.8 Å². The molecule has 0 aliphatic rings. The molecule has 1 heterocycles. The lowest BCUT2D eigenvalue weighted by molar-refractivity contribution is 0.0912. The highest BCUT2D eigenvalue weighted by atomic mass is 35.5. The molecule has 1 unspecified atom stereocenters. The van der Waals surface area contributed by atoms with Gasteiger partial charge in [0.1, 0.15) is 0 Å². The summed E-state index contributed by atoms with van der Waals surface area (Å²) >= 11 is 11.4. The number of nitrogens with one attached hydrogen (secondary N) is 1. The van der Waals surface area contributed by atoms with Crippen LogP contribution in [0.4, 0.5) is 0 Å². The van der Waals surface area contributed by atoms with E-state index in [-0.39, 0.29) is 22.9 Å². The van der Waals surface area contributed by atoms with Gasteiger partial charge in [-0.25, -0.2) is 0 Å². The summed E-state index contributed by atoms with van der Waals surface area (Å²) in [6.07, 6.45) is 0. The first-order valence-corrected chi connectivity index (χ1v) is 6.13. The molecule has 0 aliphatic heterocycles. The number of rotatable bonds is 3. The molecule has 2 aromatic rings. The van der Waals surface area contributed by atoms with E-state index in [1.807, 2.05) is 19.1 Å². The molecule has 1 amide bonds. The van der Waals surface area contributed by atoms with E-state index in [9.17, 15) is 4.79 Å². The van der Waals surface area contributed by atoms with Gasteiger partial charge in [-0.2, -0.15) is 0 Å². The molecule has 0 saturated heterocycles. The van der Waals surface area contributed by atoms with Crippen molar-refractivity contribution in [3.8, 4) is 0 Å². The van der Waals surface area contributed by atoms with E-state index in [1.54, 1.807) is 12.1 Å². The Balaban J connectivity index is 2.05. The number of amides is 1. The van der Waals surface area contributed by atoms with Crippen LogP contribution in [0.1, 0.15) is 29.1 Å². The van der Waals surface area contributed by atoms with E-state index in [1.165, 1.54) is 12.1 Å². The zero-order valence-electron chi connectivity index (χ0n) is 9.61. The minimum atomic E-state index is -0.302. The molecule has 1 N–H and O–H groups in total. The van der Waals surface area contributed by atoms with Crippen molar-refractivity contribution >= 4 is 29.1 Å². The highest BCUT2D eigenvalue weighted by Gasteiger charge is 2.14. The monoisotopic (exact) mass is 283 g/mol. The molecule has 0 fully saturated rings. The zero-order chi connectivity index (χ0) is 13.1. The van der Waals surface area contributed by atoms with Gasteiger partial charge in [0.15, 0.2) is 11.0 Å². The van der Waals surface area contributed by atoms with Crippen LogP contribution < -0.4 is 5.32 Å². The molecule has 1 atom stereocenters. The van der Waals surface area contributed by atoms with Gasteiger partial charge in [0.05, 0.1) is 6.04 Å². The van der Waals surface area contributed by atoms with Gasteiger partial charge in [-0.15, -0.1) is 0 Å². The third-order valence-corrected chi connectivity index (χ3v) is 2.97. The third-order valence-electron chi connectivity index (χ3n) is 2.51. The lowest BCUT2D eigenvalue weighted by Crippen LogP contribution is -2.26. The van der Waals surface area contributed by atoms with E-state index in [4.69, 9.17) is 27.6 Å². The smallest absolute Gasteiger partial charge is 0.287 e.